The van der Waals surface area contributed by atoms with Gasteiger partial charge in [0.05, 0.1) is 11.1 Å². The van der Waals surface area contributed by atoms with Crippen molar-refractivity contribution >= 4 is 17.7 Å². The fraction of sp³-hybridized carbons (Fsp3) is 0.0769. The average molecular weight is 271 g/mol. The molecule has 0 aliphatic heterocycles. The first-order valence-electron chi connectivity index (χ1n) is 5.35. The Bertz CT molecular complexity index is 680. The predicted octanol–water partition coefficient (Wildman–Crippen LogP) is 2.51. The third-order valence-electron chi connectivity index (χ3n) is 2.30. The van der Waals surface area contributed by atoms with Gasteiger partial charge in [-0.3, -0.25) is 0 Å². The van der Waals surface area contributed by atoms with Crippen molar-refractivity contribution in [2.45, 2.75) is 17.0 Å². The monoisotopic (exact) mass is 271 g/mol. The molecule has 0 saturated heterocycles. The van der Waals surface area contributed by atoms with Crippen molar-refractivity contribution in [2.24, 2.45) is 0 Å². The fourth-order valence-corrected chi connectivity index (χ4v) is 2.30. The van der Waals surface area contributed by atoms with Gasteiger partial charge in [0.2, 0.25) is 0 Å². The van der Waals surface area contributed by atoms with E-state index in [1.807, 2.05) is 6.92 Å². The van der Waals surface area contributed by atoms with Gasteiger partial charge in [0.1, 0.15) is 16.1 Å². The predicted molar refractivity (Wildman–Crippen MR) is 69.0 cm³/mol. The smallest absolute Gasteiger partial charge is 0.335 e. The van der Waals surface area contributed by atoms with E-state index in [0.29, 0.717) is 15.6 Å². The SMILES string of the molecule is Cc1ccc(C#N)c(Sc2cc(C(=O)O)ccn2)n1. The number of nitriles is 1. The Kier molecular flexibility index (Phi) is 3.78. The number of carboxylic acid groups (broad SMARTS) is 1. The molecule has 19 heavy (non-hydrogen) atoms. The molecule has 2 heterocycles. The molecule has 0 radical (unpaired) electrons. The van der Waals surface area contributed by atoms with Gasteiger partial charge in [-0.25, -0.2) is 14.8 Å². The van der Waals surface area contributed by atoms with Crippen LogP contribution in [0.4, 0.5) is 0 Å². The third kappa shape index (κ3) is 3.09. The van der Waals surface area contributed by atoms with E-state index in [0.717, 1.165) is 5.69 Å². The average Bonchev–Trinajstić information content (AvgIpc) is 2.39. The Morgan fingerprint density at radius 2 is 2.21 bits per heavy atom. The third-order valence-corrected chi connectivity index (χ3v) is 3.24. The van der Waals surface area contributed by atoms with Gasteiger partial charge in [-0.05, 0) is 43.0 Å². The molecule has 2 aromatic heterocycles. The molecule has 0 spiro atoms. The summed E-state index contributed by atoms with van der Waals surface area (Å²) in [5.41, 5.74) is 1.39. The van der Waals surface area contributed by atoms with Crippen molar-refractivity contribution in [3.8, 4) is 6.07 Å². The van der Waals surface area contributed by atoms with E-state index in [1.165, 1.54) is 30.1 Å². The highest BCUT2D eigenvalue weighted by molar-refractivity contribution is 7.99. The molecule has 94 valence electrons. The number of aromatic carboxylic acids is 1. The number of rotatable bonds is 3. The number of nitrogens with zero attached hydrogens (tertiary/aromatic N) is 3. The summed E-state index contributed by atoms with van der Waals surface area (Å²) in [5.74, 6) is -1.01. The highest BCUT2D eigenvalue weighted by atomic mass is 32.2. The van der Waals surface area contributed by atoms with Gasteiger partial charge in [0, 0.05) is 11.9 Å². The molecule has 0 aliphatic carbocycles. The number of hydrogen-bond donors (Lipinski definition) is 1. The number of pyridine rings is 2. The van der Waals surface area contributed by atoms with E-state index >= 15 is 0 Å². The fourth-order valence-electron chi connectivity index (χ4n) is 1.39. The molecule has 0 aromatic carbocycles. The number of aryl methyl sites for hydroxylation is 1. The van der Waals surface area contributed by atoms with Gasteiger partial charge in [-0.1, -0.05) is 0 Å². The van der Waals surface area contributed by atoms with Crippen LogP contribution < -0.4 is 0 Å². The molecular weight excluding hydrogens is 262 g/mol. The van der Waals surface area contributed by atoms with Gasteiger partial charge in [-0.15, -0.1) is 0 Å². The summed E-state index contributed by atoms with van der Waals surface area (Å²) < 4.78 is 0. The quantitative estimate of drug-likeness (QED) is 0.922. The molecule has 0 fully saturated rings. The zero-order chi connectivity index (χ0) is 13.8. The molecular formula is C13H9N3O2S. The Hall–Kier alpha value is -2.39. The zero-order valence-corrected chi connectivity index (χ0v) is 10.8. The van der Waals surface area contributed by atoms with E-state index in [1.54, 1.807) is 12.1 Å². The van der Waals surface area contributed by atoms with Gasteiger partial charge in [0.25, 0.3) is 0 Å². The Balaban J connectivity index is 2.36. The van der Waals surface area contributed by atoms with Crippen molar-refractivity contribution < 1.29 is 9.90 Å². The first kappa shape index (κ1) is 13.1. The maximum atomic E-state index is 10.9. The van der Waals surface area contributed by atoms with Crippen LogP contribution in [-0.4, -0.2) is 21.0 Å². The molecule has 5 nitrogen and oxygen atoms in total. The van der Waals surface area contributed by atoms with E-state index in [4.69, 9.17) is 10.4 Å². The Morgan fingerprint density at radius 3 is 2.89 bits per heavy atom. The number of carboxylic acids is 1. The van der Waals surface area contributed by atoms with Crippen LogP contribution in [0.5, 0.6) is 0 Å². The Labute approximate surface area is 113 Å². The van der Waals surface area contributed by atoms with E-state index in [2.05, 4.69) is 16.0 Å². The van der Waals surface area contributed by atoms with Crippen LogP contribution in [-0.2, 0) is 0 Å². The minimum absolute atomic E-state index is 0.156. The summed E-state index contributed by atoms with van der Waals surface area (Å²) in [5, 5.41) is 18.9. The summed E-state index contributed by atoms with van der Waals surface area (Å²) in [6, 6.07) is 8.37. The summed E-state index contributed by atoms with van der Waals surface area (Å²) in [6.07, 6.45) is 1.42. The van der Waals surface area contributed by atoms with Gasteiger partial charge >= 0.3 is 5.97 Å². The lowest BCUT2D eigenvalue weighted by atomic mass is 10.3. The van der Waals surface area contributed by atoms with Crippen LogP contribution >= 0.6 is 11.8 Å². The second-order valence-corrected chi connectivity index (χ2v) is 4.72. The lowest BCUT2D eigenvalue weighted by molar-refractivity contribution is 0.0696. The highest BCUT2D eigenvalue weighted by Gasteiger charge is 2.09. The van der Waals surface area contributed by atoms with Crippen molar-refractivity contribution in [1.29, 1.82) is 5.26 Å². The van der Waals surface area contributed by atoms with Crippen LogP contribution in [0.2, 0.25) is 0 Å². The molecule has 2 aromatic rings. The zero-order valence-electron chi connectivity index (χ0n) is 9.99. The maximum Gasteiger partial charge on any atom is 0.335 e. The van der Waals surface area contributed by atoms with Gasteiger partial charge < -0.3 is 5.11 Å². The highest BCUT2D eigenvalue weighted by Crippen LogP contribution is 2.27. The minimum Gasteiger partial charge on any atom is -0.478 e. The number of aromatic nitrogens is 2. The first-order chi connectivity index (χ1) is 9.10. The second-order valence-electron chi connectivity index (χ2n) is 3.71. The second kappa shape index (κ2) is 5.50. The summed E-state index contributed by atoms with van der Waals surface area (Å²) in [7, 11) is 0. The summed E-state index contributed by atoms with van der Waals surface area (Å²) >= 11 is 1.18. The molecule has 2 rings (SSSR count). The molecule has 0 unspecified atom stereocenters. The van der Waals surface area contributed by atoms with Gasteiger partial charge in [0.15, 0.2) is 0 Å². The van der Waals surface area contributed by atoms with Crippen LogP contribution in [0.3, 0.4) is 0 Å². The molecule has 6 heteroatoms. The maximum absolute atomic E-state index is 10.9. The minimum atomic E-state index is -1.01. The van der Waals surface area contributed by atoms with Crippen molar-refractivity contribution in [3.05, 3.63) is 47.3 Å². The standard InChI is InChI=1S/C13H9N3O2S/c1-8-2-3-10(7-14)12(16-8)19-11-6-9(13(17)18)4-5-15-11/h2-6H,1H3,(H,17,18). The Morgan fingerprint density at radius 1 is 1.42 bits per heavy atom. The lowest BCUT2D eigenvalue weighted by Crippen LogP contribution is -1.97. The molecule has 1 N–H and O–H groups in total. The van der Waals surface area contributed by atoms with Crippen LogP contribution in [0.25, 0.3) is 0 Å². The molecule has 0 bridgehead atoms. The molecule has 0 amide bonds. The molecule has 0 aliphatic rings. The van der Waals surface area contributed by atoms with Crippen LogP contribution in [0.1, 0.15) is 21.6 Å². The lowest BCUT2D eigenvalue weighted by Gasteiger charge is -2.04. The normalized spacial score (nSPS) is 9.89. The van der Waals surface area contributed by atoms with E-state index in [-0.39, 0.29) is 5.56 Å². The molecule has 0 saturated carbocycles. The largest absolute Gasteiger partial charge is 0.478 e. The van der Waals surface area contributed by atoms with Crippen LogP contribution in [0, 0.1) is 18.3 Å². The van der Waals surface area contributed by atoms with E-state index in [9.17, 15) is 4.79 Å². The summed E-state index contributed by atoms with van der Waals surface area (Å²) in [4.78, 5) is 19.2. The molecule has 0 atom stereocenters. The first-order valence-corrected chi connectivity index (χ1v) is 6.17. The van der Waals surface area contributed by atoms with Crippen molar-refractivity contribution in [1.82, 2.24) is 9.97 Å². The van der Waals surface area contributed by atoms with Crippen molar-refractivity contribution in [3.63, 3.8) is 0 Å². The van der Waals surface area contributed by atoms with Crippen molar-refractivity contribution in [2.75, 3.05) is 0 Å². The number of carbonyl (C=O) groups is 1. The van der Waals surface area contributed by atoms with E-state index < -0.39 is 5.97 Å². The topological polar surface area (TPSA) is 86.9 Å². The van der Waals surface area contributed by atoms with Gasteiger partial charge in [-0.2, -0.15) is 5.26 Å². The summed E-state index contributed by atoms with van der Waals surface area (Å²) in [6.45, 7) is 1.83. The van der Waals surface area contributed by atoms with Crippen LogP contribution in [0.15, 0.2) is 40.5 Å². The number of hydrogen-bond acceptors (Lipinski definition) is 5.